The van der Waals surface area contributed by atoms with Crippen molar-refractivity contribution in [3.63, 3.8) is 0 Å². The minimum absolute atomic E-state index is 0.261. The van der Waals surface area contributed by atoms with Crippen LogP contribution in [0.2, 0.25) is 0 Å². The average Bonchev–Trinajstić information content (AvgIpc) is 3.77. The van der Waals surface area contributed by atoms with Crippen LogP contribution in [0.5, 0.6) is 0 Å². The molecule has 0 unspecified atom stereocenters. The predicted octanol–water partition coefficient (Wildman–Crippen LogP) is 5.78. The number of H-pyrrole nitrogens is 2. The van der Waals surface area contributed by atoms with Gasteiger partial charge < -0.3 is 25.5 Å². The van der Waals surface area contributed by atoms with E-state index in [0.29, 0.717) is 50.5 Å². The minimum Gasteiger partial charge on any atom is -0.369 e. The van der Waals surface area contributed by atoms with E-state index >= 15 is 0 Å². The van der Waals surface area contributed by atoms with Crippen LogP contribution in [-0.2, 0) is 0 Å². The molecule has 0 aliphatic carbocycles. The molecule has 0 amide bonds. The highest BCUT2D eigenvalue weighted by atomic mass is 19.1. The highest BCUT2D eigenvalue weighted by Gasteiger charge is 2.21. The van der Waals surface area contributed by atoms with Gasteiger partial charge in [0, 0.05) is 96.7 Å². The molecule has 8 aromatic rings. The fourth-order valence-corrected chi connectivity index (χ4v) is 6.10. The van der Waals surface area contributed by atoms with Gasteiger partial charge in [0.25, 0.3) is 0 Å². The van der Waals surface area contributed by atoms with Crippen LogP contribution in [0, 0.1) is 11.6 Å². The molecule has 9 heterocycles. The van der Waals surface area contributed by atoms with Crippen molar-refractivity contribution in [1.82, 2.24) is 54.7 Å². The number of aromatic amines is 2. The number of nitrogens with two attached hydrogens (primary N) is 1. The number of fused-ring (bicyclic) bond motifs is 2. The number of anilines is 2. The minimum atomic E-state index is -0.425. The fraction of sp³-hybridized carbons (Fsp3) is 0.135. The van der Waals surface area contributed by atoms with Gasteiger partial charge in [0.2, 0.25) is 5.95 Å². The summed E-state index contributed by atoms with van der Waals surface area (Å²) >= 11 is 0. The summed E-state index contributed by atoms with van der Waals surface area (Å²) in [5.74, 6) is 0.242. The second kappa shape index (κ2) is 13.9. The zero-order chi connectivity index (χ0) is 35.6. The van der Waals surface area contributed by atoms with Crippen molar-refractivity contribution in [3.05, 3.63) is 110 Å². The molecular weight excluding hydrogens is 664 g/mol. The standard InChI is InChI=1S/C21H20FN7.C16H11FN6/c1-28-7-9-29(10-8-28)21-25-18-11-16(15-4-6-24-13-17(15)22)19(26-20(18)27-21)14-3-2-5-23-12-14;17-12-8-20-5-3-10(12)11-6-13-15(23-16(18)21-13)22-14(11)9-2-1-4-19-7-9/h2-6,11-13H,7-10H2,1H3,(H,25,26,27);1-8H,(H3,18,21,22,23). The highest BCUT2D eigenvalue weighted by molar-refractivity contribution is 5.90. The lowest BCUT2D eigenvalue weighted by Gasteiger charge is -2.31. The zero-order valence-corrected chi connectivity index (χ0v) is 27.9. The number of halogens is 2. The Balaban J connectivity index is 0.000000153. The Hall–Kier alpha value is -6.74. The molecule has 258 valence electrons. The van der Waals surface area contributed by atoms with Gasteiger partial charge in [-0.15, -0.1) is 0 Å². The molecule has 0 aromatic carbocycles. The van der Waals surface area contributed by atoms with Gasteiger partial charge in [-0.2, -0.15) is 9.97 Å². The molecule has 9 rings (SSSR count). The summed E-state index contributed by atoms with van der Waals surface area (Å²) in [4.78, 5) is 44.9. The fourth-order valence-electron chi connectivity index (χ4n) is 6.10. The number of nitrogens with one attached hydrogen (secondary N) is 2. The Morgan fingerprint density at radius 3 is 1.63 bits per heavy atom. The average molecular weight is 696 g/mol. The van der Waals surface area contributed by atoms with Gasteiger partial charge in [-0.05, 0) is 55.6 Å². The number of nitrogens with zero attached hydrogens (tertiary/aromatic N) is 10. The van der Waals surface area contributed by atoms with Crippen LogP contribution in [0.3, 0.4) is 0 Å². The van der Waals surface area contributed by atoms with E-state index in [2.05, 4.69) is 56.7 Å². The normalized spacial score (nSPS) is 13.3. The monoisotopic (exact) mass is 695 g/mol. The second-order valence-corrected chi connectivity index (χ2v) is 12.2. The summed E-state index contributed by atoms with van der Waals surface area (Å²) in [6.07, 6.45) is 12.3. The van der Waals surface area contributed by atoms with E-state index in [0.717, 1.165) is 48.8 Å². The van der Waals surface area contributed by atoms with Gasteiger partial charge in [-0.25, -0.2) is 18.7 Å². The van der Waals surface area contributed by atoms with E-state index in [1.807, 2.05) is 24.3 Å². The zero-order valence-electron chi connectivity index (χ0n) is 27.9. The number of nitrogen functional groups attached to an aromatic ring is 1. The van der Waals surface area contributed by atoms with E-state index in [9.17, 15) is 8.78 Å². The van der Waals surface area contributed by atoms with Crippen LogP contribution in [0.1, 0.15) is 0 Å². The van der Waals surface area contributed by atoms with Crippen LogP contribution >= 0.6 is 0 Å². The number of rotatable bonds is 5. The van der Waals surface area contributed by atoms with Crippen molar-refractivity contribution in [3.8, 4) is 44.8 Å². The van der Waals surface area contributed by atoms with E-state index in [1.165, 1.54) is 18.6 Å². The SMILES string of the molecule is CN1CCN(c2nc3nc(-c4cccnc4)c(-c4ccncc4F)cc3[nH]2)CC1.Nc1nc2nc(-c3cccnc3)c(-c3ccncc3F)cc2[nH]1. The van der Waals surface area contributed by atoms with Crippen molar-refractivity contribution in [1.29, 1.82) is 0 Å². The Kier molecular flexibility index (Phi) is 8.66. The lowest BCUT2D eigenvalue weighted by Crippen LogP contribution is -2.44. The first-order chi connectivity index (χ1) is 25.4. The number of hydrogen-bond donors (Lipinski definition) is 3. The molecule has 0 bridgehead atoms. The molecule has 15 heteroatoms. The number of hydrogen-bond acceptors (Lipinski definition) is 11. The van der Waals surface area contributed by atoms with Crippen LogP contribution in [-0.4, -0.2) is 88.0 Å². The summed E-state index contributed by atoms with van der Waals surface area (Å²) in [6, 6.07) is 14.4. The molecule has 0 spiro atoms. The Labute approximate surface area is 295 Å². The Morgan fingerprint density at radius 1 is 0.596 bits per heavy atom. The predicted molar refractivity (Wildman–Crippen MR) is 195 cm³/mol. The molecular formula is C37H31F2N13. The highest BCUT2D eigenvalue weighted by Crippen LogP contribution is 2.35. The third-order valence-electron chi connectivity index (χ3n) is 8.75. The smallest absolute Gasteiger partial charge is 0.205 e. The van der Waals surface area contributed by atoms with Gasteiger partial charge in [-0.3, -0.25) is 19.9 Å². The number of imidazole rings is 2. The van der Waals surface area contributed by atoms with Crippen molar-refractivity contribution in [2.45, 2.75) is 0 Å². The van der Waals surface area contributed by atoms with Gasteiger partial charge >= 0.3 is 0 Å². The molecule has 0 radical (unpaired) electrons. The van der Waals surface area contributed by atoms with Crippen LogP contribution < -0.4 is 10.6 Å². The van der Waals surface area contributed by atoms with Crippen LogP contribution in [0.4, 0.5) is 20.7 Å². The Bertz CT molecular complexity index is 2500. The van der Waals surface area contributed by atoms with Gasteiger partial charge in [0.1, 0.15) is 11.6 Å². The number of aromatic nitrogens is 10. The maximum atomic E-state index is 14.6. The van der Waals surface area contributed by atoms with Crippen molar-refractivity contribution in [2.24, 2.45) is 0 Å². The molecule has 1 aliphatic rings. The molecule has 1 fully saturated rings. The number of likely N-dealkylation sites (N-methyl/N-ethyl adjacent to an activating group) is 1. The summed E-state index contributed by atoms with van der Waals surface area (Å²) in [6.45, 7) is 3.77. The van der Waals surface area contributed by atoms with Gasteiger partial charge in [0.05, 0.1) is 34.8 Å². The van der Waals surface area contributed by atoms with Crippen LogP contribution in [0.15, 0.2) is 98.1 Å². The third-order valence-corrected chi connectivity index (χ3v) is 8.75. The molecule has 52 heavy (non-hydrogen) atoms. The first kappa shape index (κ1) is 32.5. The van der Waals surface area contributed by atoms with E-state index < -0.39 is 11.6 Å². The first-order valence-electron chi connectivity index (χ1n) is 16.4. The summed E-state index contributed by atoms with van der Waals surface area (Å²) < 4.78 is 28.8. The second-order valence-electron chi connectivity index (χ2n) is 12.2. The molecule has 0 saturated carbocycles. The molecule has 1 saturated heterocycles. The number of piperazine rings is 1. The van der Waals surface area contributed by atoms with E-state index in [-0.39, 0.29) is 5.95 Å². The lowest BCUT2D eigenvalue weighted by atomic mass is 10.0. The van der Waals surface area contributed by atoms with E-state index in [1.54, 1.807) is 55.2 Å². The summed E-state index contributed by atoms with van der Waals surface area (Å²) in [5.41, 5.74) is 13.1. The Morgan fingerprint density at radius 2 is 1.12 bits per heavy atom. The summed E-state index contributed by atoms with van der Waals surface area (Å²) in [7, 11) is 2.12. The van der Waals surface area contributed by atoms with Crippen LogP contribution in [0.25, 0.3) is 67.1 Å². The van der Waals surface area contributed by atoms with Crippen molar-refractivity contribution >= 4 is 34.2 Å². The maximum absolute atomic E-state index is 14.6. The maximum Gasteiger partial charge on any atom is 0.205 e. The van der Waals surface area contributed by atoms with Crippen molar-refractivity contribution in [2.75, 3.05) is 43.9 Å². The largest absolute Gasteiger partial charge is 0.369 e. The molecule has 4 N–H and O–H groups in total. The molecule has 0 atom stereocenters. The topological polar surface area (TPSA) is 167 Å². The molecule has 13 nitrogen and oxygen atoms in total. The first-order valence-corrected chi connectivity index (χ1v) is 16.4. The third kappa shape index (κ3) is 6.47. The number of pyridine rings is 6. The molecule has 8 aromatic heterocycles. The summed E-state index contributed by atoms with van der Waals surface area (Å²) in [5, 5.41) is 0. The van der Waals surface area contributed by atoms with Gasteiger partial charge in [-0.1, -0.05) is 0 Å². The molecule has 1 aliphatic heterocycles. The van der Waals surface area contributed by atoms with E-state index in [4.69, 9.17) is 15.7 Å². The van der Waals surface area contributed by atoms with Gasteiger partial charge in [0.15, 0.2) is 17.2 Å². The quantitative estimate of drug-likeness (QED) is 0.200. The lowest BCUT2D eigenvalue weighted by molar-refractivity contribution is 0.311. The van der Waals surface area contributed by atoms with Crippen molar-refractivity contribution < 1.29 is 8.78 Å².